The normalized spacial score (nSPS) is 25.8. The van der Waals surface area contributed by atoms with Gasteiger partial charge in [-0.2, -0.15) is 0 Å². The first-order valence-corrected chi connectivity index (χ1v) is 7.65. The number of aryl methyl sites for hydroxylation is 1. The van der Waals surface area contributed by atoms with E-state index in [1.165, 1.54) is 0 Å². The van der Waals surface area contributed by atoms with Crippen LogP contribution in [0, 0.1) is 6.92 Å². The van der Waals surface area contributed by atoms with Crippen molar-refractivity contribution < 1.29 is 8.42 Å². The number of hydrogen-bond donors (Lipinski definition) is 1. The summed E-state index contributed by atoms with van der Waals surface area (Å²) >= 11 is 0. The highest BCUT2D eigenvalue weighted by Gasteiger charge is 2.44. The summed E-state index contributed by atoms with van der Waals surface area (Å²) in [6.45, 7) is 6.60. The fraction of sp³-hybridized carbons (Fsp3) is 0.538. The van der Waals surface area contributed by atoms with E-state index in [9.17, 15) is 8.42 Å². The Labute approximate surface area is 103 Å². The number of rotatable bonds is 3. The molecule has 3 nitrogen and oxygen atoms in total. The molecule has 0 aromatic heterocycles. The summed E-state index contributed by atoms with van der Waals surface area (Å²) in [5, 5.41) is 2.98. The molecule has 2 rings (SSSR count). The summed E-state index contributed by atoms with van der Waals surface area (Å²) in [7, 11) is -3.16. The molecule has 0 spiro atoms. The molecule has 17 heavy (non-hydrogen) atoms. The average molecular weight is 253 g/mol. The average Bonchev–Trinajstić information content (AvgIpc) is 2.48. The molecule has 1 aliphatic rings. The number of nitrogens with one attached hydrogen (secondary N) is 1. The van der Waals surface area contributed by atoms with Crippen molar-refractivity contribution in [2.45, 2.75) is 43.4 Å². The Hall–Kier alpha value is -0.870. The van der Waals surface area contributed by atoms with E-state index in [1.807, 2.05) is 39.0 Å². The van der Waals surface area contributed by atoms with Crippen LogP contribution in [0.4, 0.5) is 0 Å². The van der Waals surface area contributed by atoms with Crippen LogP contribution in [0.3, 0.4) is 0 Å². The number of fused-ring (bicyclic) bond motifs is 1. The molecule has 4 heteroatoms. The van der Waals surface area contributed by atoms with E-state index in [-0.39, 0.29) is 11.3 Å². The zero-order valence-corrected chi connectivity index (χ0v) is 11.3. The van der Waals surface area contributed by atoms with Gasteiger partial charge in [-0.15, -0.1) is 0 Å². The molecule has 0 fully saturated rings. The van der Waals surface area contributed by atoms with Gasteiger partial charge in [-0.1, -0.05) is 32.0 Å². The Bertz CT molecular complexity index is 522. The van der Waals surface area contributed by atoms with Crippen LogP contribution >= 0.6 is 0 Å². The molecule has 1 heterocycles. The Morgan fingerprint density at radius 2 is 2.00 bits per heavy atom. The van der Waals surface area contributed by atoms with E-state index in [0.29, 0.717) is 11.3 Å². The van der Waals surface area contributed by atoms with Crippen LogP contribution in [0.15, 0.2) is 23.1 Å². The first-order valence-electron chi connectivity index (χ1n) is 6.10. The van der Waals surface area contributed by atoms with Crippen molar-refractivity contribution in [3.8, 4) is 0 Å². The van der Waals surface area contributed by atoms with Crippen LogP contribution in [-0.2, 0) is 9.84 Å². The van der Waals surface area contributed by atoms with E-state index in [2.05, 4.69) is 5.32 Å². The highest BCUT2D eigenvalue weighted by molar-refractivity contribution is 7.92. The number of sulfone groups is 1. The molecule has 0 aliphatic carbocycles. The van der Waals surface area contributed by atoms with Crippen molar-refractivity contribution in [3.05, 3.63) is 29.3 Å². The smallest absolute Gasteiger partial charge is 0.183 e. The second-order valence-corrected chi connectivity index (χ2v) is 6.62. The monoisotopic (exact) mass is 253 g/mol. The molecule has 1 N–H and O–H groups in total. The van der Waals surface area contributed by atoms with Gasteiger partial charge in [0.05, 0.1) is 16.2 Å². The molecule has 0 radical (unpaired) electrons. The lowest BCUT2D eigenvalue weighted by Gasteiger charge is -2.18. The lowest BCUT2D eigenvalue weighted by Crippen LogP contribution is -2.31. The van der Waals surface area contributed by atoms with Crippen LogP contribution in [0.25, 0.3) is 0 Å². The minimum absolute atomic E-state index is 0.0510. The van der Waals surface area contributed by atoms with Gasteiger partial charge in [0.15, 0.2) is 9.84 Å². The third-order valence-corrected chi connectivity index (χ3v) is 5.99. The predicted octanol–water partition coefficient (Wildman–Crippen LogP) is 2.21. The van der Waals surface area contributed by atoms with Crippen molar-refractivity contribution >= 4 is 9.84 Å². The Morgan fingerprint density at radius 3 is 2.59 bits per heavy atom. The maximum Gasteiger partial charge on any atom is 0.183 e. The maximum absolute atomic E-state index is 12.5. The van der Waals surface area contributed by atoms with Crippen LogP contribution < -0.4 is 5.32 Å². The molecular formula is C13H19NO2S. The van der Waals surface area contributed by atoms with E-state index in [1.54, 1.807) is 0 Å². The lowest BCUT2D eigenvalue weighted by atomic mass is 10.0. The minimum Gasteiger partial charge on any atom is -0.309 e. The minimum atomic E-state index is -3.16. The van der Waals surface area contributed by atoms with Gasteiger partial charge in [-0.25, -0.2) is 8.42 Å². The van der Waals surface area contributed by atoms with Gasteiger partial charge in [0, 0.05) is 0 Å². The molecule has 1 aromatic rings. The zero-order chi connectivity index (χ0) is 12.6. The van der Waals surface area contributed by atoms with Gasteiger partial charge >= 0.3 is 0 Å². The first kappa shape index (κ1) is 12.6. The maximum atomic E-state index is 12.5. The van der Waals surface area contributed by atoms with Crippen molar-refractivity contribution in [1.82, 2.24) is 5.32 Å². The molecule has 94 valence electrons. The molecule has 0 saturated carbocycles. The summed E-state index contributed by atoms with van der Waals surface area (Å²) < 4.78 is 25.0. The van der Waals surface area contributed by atoms with Crippen LogP contribution in [-0.4, -0.2) is 20.2 Å². The number of hydrogen-bond acceptors (Lipinski definition) is 3. The third kappa shape index (κ3) is 1.79. The van der Waals surface area contributed by atoms with Crippen LogP contribution in [0.2, 0.25) is 0 Å². The van der Waals surface area contributed by atoms with Gasteiger partial charge in [-0.3, -0.25) is 0 Å². The second kappa shape index (κ2) is 4.42. The van der Waals surface area contributed by atoms with Gasteiger partial charge in [-0.05, 0) is 31.0 Å². The largest absolute Gasteiger partial charge is 0.309 e. The van der Waals surface area contributed by atoms with Crippen LogP contribution in [0.1, 0.15) is 37.4 Å². The summed E-state index contributed by atoms with van der Waals surface area (Å²) in [5.41, 5.74) is 1.81. The van der Waals surface area contributed by atoms with Crippen molar-refractivity contribution in [2.75, 3.05) is 6.54 Å². The molecule has 0 bridgehead atoms. The topological polar surface area (TPSA) is 46.2 Å². The molecular weight excluding hydrogens is 234 g/mol. The van der Waals surface area contributed by atoms with Gasteiger partial charge in [0.25, 0.3) is 0 Å². The third-order valence-electron chi connectivity index (χ3n) is 3.46. The fourth-order valence-corrected chi connectivity index (χ4v) is 5.14. The lowest BCUT2D eigenvalue weighted by molar-refractivity contribution is 0.505. The van der Waals surface area contributed by atoms with E-state index >= 15 is 0 Å². The Kier molecular flexibility index (Phi) is 3.27. The van der Waals surface area contributed by atoms with E-state index in [4.69, 9.17) is 0 Å². The first-order chi connectivity index (χ1) is 8.04. The molecule has 1 aliphatic heterocycles. The van der Waals surface area contributed by atoms with Crippen molar-refractivity contribution in [3.63, 3.8) is 0 Å². The van der Waals surface area contributed by atoms with Gasteiger partial charge < -0.3 is 5.32 Å². The Morgan fingerprint density at radius 1 is 1.29 bits per heavy atom. The fourth-order valence-electron chi connectivity index (χ4n) is 2.76. The van der Waals surface area contributed by atoms with Crippen LogP contribution in [0.5, 0.6) is 0 Å². The predicted molar refractivity (Wildman–Crippen MR) is 68.9 cm³/mol. The SMILES string of the molecule is CCNC1c2cccc(C)c2S(=O)(=O)C1CC. The summed E-state index contributed by atoms with van der Waals surface area (Å²) in [6, 6.07) is 5.69. The highest BCUT2D eigenvalue weighted by Crippen LogP contribution is 2.41. The molecule has 0 amide bonds. The quantitative estimate of drug-likeness (QED) is 0.898. The molecule has 1 aromatic carbocycles. The molecule has 2 unspecified atom stereocenters. The van der Waals surface area contributed by atoms with Crippen molar-refractivity contribution in [2.24, 2.45) is 0 Å². The number of benzene rings is 1. The standard InChI is InChI=1S/C13H19NO2S/c1-4-11-12(14-5-2)10-8-6-7-9(3)13(10)17(11,15)16/h6-8,11-12,14H,4-5H2,1-3H3. The van der Waals surface area contributed by atoms with E-state index in [0.717, 1.165) is 17.7 Å². The van der Waals surface area contributed by atoms with Crippen molar-refractivity contribution in [1.29, 1.82) is 0 Å². The Balaban J connectivity index is 2.64. The second-order valence-electron chi connectivity index (χ2n) is 4.52. The van der Waals surface area contributed by atoms with Gasteiger partial charge in [0.2, 0.25) is 0 Å². The zero-order valence-electron chi connectivity index (χ0n) is 10.5. The van der Waals surface area contributed by atoms with E-state index < -0.39 is 9.84 Å². The van der Waals surface area contributed by atoms with Gasteiger partial charge in [0.1, 0.15) is 0 Å². The summed E-state index contributed by atoms with van der Waals surface area (Å²) in [6.07, 6.45) is 0.647. The highest BCUT2D eigenvalue weighted by atomic mass is 32.2. The molecule has 0 saturated heterocycles. The summed E-state index contributed by atoms with van der Waals surface area (Å²) in [5.74, 6) is 0. The molecule has 2 atom stereocenters. The summed E-state index contributed by atoms with van der Waals surface area (Å²) in [4.78, 5) is 0.554.